The van der Waals surface area contributed by atoms with Crippen LogP contribution in [0.1, 0.15) is 12.0 Å². The van der Waals surface area contributed by atoms with E-state index in [0.29, 0.717) is 19.1 Å². The molecule has 2 heterocycles. The summed E-state index contributed by atoms with van der Waals surface area (Å²) in [5.41, 5.74) is 0.317. The molecular weight excluding hydrogens is 446 g/mol. The van der Waals surface area contributed by atoms with Gasteiger partial charge in [-0.25, -0.2) is 22.3 Å². The van der Waals surface area contributed by atoms with E-state index in [1.54, 1.807) is 13.1 Å². The number of carbonyl (C=O) groups excluding carboxylic acids is 1. The van der Waals surface area contributed by atoms with Crippen LogP contribution in [0.15, 0.2) is 36.4 Å². The number of alkyl halides is 1. The molecule has 1 amide bonds. The molecule has 4 rings (SSSR count). The van der Waals surface area contributed by atoms with E-state index < -0.39 is 41.8 Å². The van der Waals surface area contributed by atoms with Crippen molar-refractivity contribution in [3.8, 4) is 11.1 Å². The zero-order valence-corrected chi connectivity index (χ0v) is 18.1. The lowest BCUT2D eigenvalue weighted by Crippen LogP contribution is -2.51. The first-order chi connectivity index (χ1) is 15.4. The summed E-state index contributed by atoms with van der Waals surface area (Å²) in [4.78, 5) is 14.3. The number of hydrogen-bond donors (Lipinski definition) is 2. The number of amides is 1. The first kappa shape index (κ1) is 23.0. The molecule has 2 saturated heterocycles. The lowest BCUT2D eigenvalue weighted by atomic mass is 9.95. The van der Waals surface area contributed by atoms with E-state index in [1.807, 2.05) is 0 Å². The van der Waals surface area contributed by atoms with Gasteiger partial charge in [-0.1, -0.05) is 18.2 Å². The maximum atomic E-state index is 15.4. The Hall–Kier alpha value is -2.14. The lowest BCUT2D eigenvalue weighted by Gasteiger charge is -2.34. The first-order valence-electron chi connectivity index (χ1n) is 10.3. The maximum Gasteiger partial charge on any atom is 0.252 e. The summed E-state index contributed by atoms with van der Waals surface area (Å²) in [6.45, 7) is 0.355. The monoisotopic (exact) mass is 469 g/mol. The third-order valence-corrected chi connectivity index (χ3v) is 6.41. The van der Waals surface area contributed by atoms with Crippen molar-refractivity contribution < 1.29 is 27.1 Å². The molecule has 2 aromatic rings. The standard InChI is InChI=1S/C22H23F4N3O2S/c1-27-32-28-21-17(25)11-29(22(30)19-5-6-31-19)18(21)9-12-3-2-4-16(20(12)26)13-7-14(23)10-15(24)8-13/h2-4,7-8,10,17-19,21,27-28H,5-6,9,11H2,1H3/t17?,18-,19-,21-/m0/s1. The van der Waals surface area contributed by atoms with Crippen LogP contribution in [0.3, 0.4) is 0 Å². The van der Waals surface area contributed by atoms with Crippen LogP contribution in [-0.4, -0.2) is 55.4 Å². The van der Waals surface area contributed by atoms with E-state index in [2.05, 4.69) is 9.44 Å². The Balaban J connectivity index is 1.65. The van der Waals surface area contributed by atoms with Gasteiger partial charge in [0.15, 0.2) is 0 Å². The fourth-order valence-electron chi connectivity index (χ4n) is 4.15. The van der Waals surface area contributed by atoms with Crippen LogP contribution in [0.4, 0.5) is 17.6 Å². The number of ether oxygens (including phenoxy) is 1. The third kappa shape index (κ3) is 4.63. The zero-order chi connectivity index (χ0) is 22.8. The molecule has 2 aliphatic heterocycles. The molecule has 10 heteroatoms. The second kappa shape index (κ2) is 9.78. The summed E-state index contributed by atoms with van der Waals surface area (Å²) in [5, 5.41) is 0. The highest BCUT2D eigenvalue weighted by Crippen LogP contribution is 2.32. The quantitative estimate of drug-likeness (QED) is 0.481. The average molecular weight is 470 g/mol. The molecule has 2 N–H and O–H groups in total. The normalized spacial score (nSPS) is 25.1. The van der Waals surface area contributed by atoms with Crippen molar-refractivity contribution in [3.05, 3.63) is 59.4 Å². The van der Waals surface area contributed by atoms with Gasteiger partial charge in [0.25, 0.3) is 5.91 Å². The van der Waals surface area contributed by atoms with Crippen LogP contribution in [-0.2, 0) is 16.0 Å². The fraction of sp³-hybridized carbons (Fsp3) is 0.409. The average Bonchev–Trinajstić information content (AvgIpc) is 3.01. The molecule has 0 saturated carbocycles. The molecule has 0 bridgehead atoms. The number of halogens is 4. The minimum absolute atomic E-state index is 0.0261. The lowest BCUT2D eigenvalue weighted by molar-refractivity contribution is -0.157. The minimum Gasteiger partial charge on any atom is -0.368 e. The smallest absolute Gasteiger partial charge is 0.252 e. The molecule has 2 aliphatic rings. The maximum absolute atomic E-state index is 15.4. The van der Waals surface area contributed by atoms with Crippen molar-refractivity contribution in [2.75, 3.05) is 20.2 Å². The van der Waals surface area contributed by atoms with Gasteiger partial charge in [0, 0.05) is 30.2 Å². The fourth-order valence-corrected chi connectivity index (χ4v) is 4.71. The van der Waals surface area contributed by atoms with Crippen LogP contribution in [0.25, 0.3) is 11.1 Å². The highest BCUT2D eigenvalue weighted by molar-refractivity contribution is 7.95. The number of rotatable bonds is 7. The van der Waals surface area contributed by atoms with E-state index in [4.69, 9.17) is 4.74 Å². The van der Waals surface area contributed by atoms with Gasteiger partial charge in [0.2, 0.25) is 0 Å². The van der Waals surface area contributed by atoms with Crippen LogP contribution >= 0.6 is 12.1 Å². The Bertz CT molecular complexity index is 971. The van der Waals surface area contributed by atoms with E-state index >= 15 is 4.39 Å². The van der Waals surface area contributed by atoms with Crippen molar-refractivity contribution in [1.29, 1.82) is 0 Å². The van der Waals surface area contributed by atoms with Crippen LogP contribution in [0.5, 0.6) is 0 Å². The van der Waals surface area contributed by atoms with E-state index in [1.165, 1.54) is 17.0 Å². The molecule has 1 unspecified atom stereocenters. The Kier molecular flexibility index (Phi) is 7.04. The molecule has 32 heavy (non-hydrogen) atoms. The van der Waals surface area contributed by atoms with Gasteiger partial charge in [0.05, 0.1) is 25.2 Å². The molecule has 0 radical (unpaired) electrons. The summed E-state index contributed by atoms with van der Waals surface area (Å²) < 4.78 is 68.7. The summed E-state index contributed by atoms with van der Waals surface area (Å²) in [6, 6.07) is 5.94. The van der Waals surface area contributed by atoms with E-state index in [0.717, 1.165) is 24.3 Å². The number of carbonyl (C=O) groups is 1. The predicted molar refractivity (Wildman–Crippen MR) is 114 cm³/mol. The van der Waals surface area contributed by atoms with Gasteiger partial charge in [-0.05, 0) is 36.7 Å². The van der Waals surface area contributed by atoms with Crippen molar-refractivity contribution in [3.63, 3.8) is 0 Å². The number of nitrogens with one attached hydrogen (secondary N) is 2. The van der Waals surface area contributed by atoms with Crippen LogP contribution in [0.2, 0.25) is 0 Å². The molecule has 0 aromatic heterocycles. The van der Waals surface area contributed by atoms with Crippen LogP contribution < -0.4 is 9.44 Å². The van der Waals surface area contributed by atoms with Crippen LogP contribution in [0, 0.1) is 17.5 Å². The summed E-state index contributed by atoms with van der Waals surface area (Å²) in [6.07, 6.45) is -1.37. The third-order valence-electron chi connectivity index (χ3n) is 5.81. The van der Waals surface area contributed by atoms with Gasteiger partial charge < -0.3 is 9.64 Å². The van der Waals surface area contributed by atoms with Gasteiger partial charge in [-0.2, -0.15) is 0 Å². The highest BCUT2D eigenvalue weighted by atomic mass is 32.2. The summed E-state index contributed by atoms with van der Waals surface area (Å²) in [5.74, 6) is -2.60. The zero-order valence-electron chi connectivity index (χ0n) is 17.3. The van der Waals surface area contributed by atoms with E-state index in [9.17, 15) is 18.0 Å². The Morgan fingerprint density at radius 3 is 2.56 bits per heavy atom. The predicted octanol–water partition coefficient (Wildman–Crippen LogP) is 3.39. The molecule has 0 spiro atoms. The first-order valence-corrected chi connectivity index (χ1v) is 11.1. The largest absolute Gasteiger partial charge is 0.368 e. The number of likely N-dealkylation sites (tertiary alicyclic amines) is 1. The molecule has 0 aliphatic carbocycles. The topological polar surface area (TPSA) is 53.6 Å². The number of nitrogens with zero attached hydrogens (tertiary/aromatic N) is 1. The Labute approximate surface area is 187 Å². The SMILES string of the molecule is CNSN[C@H]1C(F)CN(C(=O)[C@@H]2CCO2)[C@H]1Cc1cccc(-c2cc(F)cc(F)c2)c1F. The van der Waals surface area contributed by atoms with Crippen molar-refractivity contribution in [1.82, 2.24) is 14.3 Å². The van der Waals surface area contributed by atoms with E-state index in [-0.39, 0.29) is 35.6 Å². The Morgan fingerprint density at radius 2 is 1.94 bits per heavy atom. The Morgan fingerprint density at radius 1 is 1.22 bits per heavy atom. The molecule has 2 aromatic carbocycles. The molecule has 2 fully saturated rings. The van der Waals surface area contributed by atoms with Gasteiger partial charge >= 0.3 is 0 Å². The second-order valence-electron chi connectivity index (χ2n) is 7.81. The second-order valence-corrected chi connectivity index (χ2v) is 8.66. The highest BCUT2D eigenvalue weighted by Gasteiger charge is 2.47. The number of hydrogen-bond acceptors (Lipinski definition) is 5. The van der Waals surface area contributed by atoms with Gasteiger partial charge in [0.1, 0.15) is 29.7 Å². The molecule has 172 valence electrons. The van der Waals surface area contributed by atoms with Crippen molar-refractivity contribution in [2.45, 2.75) is 37.2 Å². The molecule has 5 nitrogen and oxygen atoms in total. The molecule has 4 atom stereocenters. The van der Waals surface area contributed by atoms with Crippen molar-refractivity contribution in [2.24, 2.45) is 0 Å². The minimum atomic E-state index is -1.35. The number of benzene rings is 2. The van der Waals surface area contributed by atoms with Gasteiger partial charge in [-0.15, -0.1) is 0 Å². The summed E-state index contributed by atoms with van der Waals surface area (Å²) in [7, 11) is 1.67. The van der Waals surface area contributed by atoms with Gasteiger partial charge in [-0.3, -0.25) is 9.52 Å². The van der Waals surface area contributed by atoms with Crippen molar-refractivity contribution >= 4 is 18.0 Å². The summed E-state index contributed by atoms with van der Waals surface area (Å²) >= 11 is 1.09. The molecular formula is C22H23F4N3O2S.